The molecule has 0 radical (unpaired) electrons. The van der Waals surface area contributed by atoms with E-state index in [1.54, 1.807) is 35.1 Å². The van der Waals surface area contributed by atoms with E-state index in [-0.39, 0.29) is 6.04 Å². The Balaban J connectivity index is 1.54. The van der Waals surface area contributed by atoms with Gasteiger partial charge < -0.3 is 15.4 Å². The van der Waals surface area contributed by atoms with Crippen LogP contribution in [0.25, 0.3) is 0 Å². The summed E-state index contributed by atoms with van der Waals surface area (Å²) in [6, 6.07) is 14.4. The van der Waals surface area contributed by atoms with E-state index >= 15 is 0 Å². The van der Waals surface area contributed by atoms with Gasteiger partial charge in [-0.1, -0.05) is 24.3 Å². The smallest absolute Gasteiger partial charge is 0.313 e. The molecule has 1 unspecified atom stereocenters. The van der Waals surface area contributed by atoms with Crippen molar-refractivity contribution in [2.75, 3.05) is 11.9 Å². The second kappa shape index (κ2) is 9.73. The number of carbonyl (C=O) groups excluding carboxylic acids is 2. The molecule has 2 amide bonds. The SMILES string of the molecule is Cc1cccc(C(C)NC(=O)C(=O)Nc2cccc(OCCn3cccn3)c2)c1C. The molecule has 0 aliphatic carbocycles. The van der Waals surface area contributed by atoms with E-state index in [2.05, 4.69) is 15.7 Å². The first-order chi connectivity index (χ1) is 14.4. The highest BCUT2D eigenvalue weighted by Crippen LogP contribution is 2.20. The lowest BCUT2D eigenvalue weighted by atomic mass is 9.98. The Kier molecular flexibility index (Phi) is 6.85. The van der Waals surface area contributed by atoms with Gasteiger partial charge in [-0.05, 0) is 55.7 Å². The molecule has 156 valence electrons. The van der Waals surface area contributed by atoms with Crippen LogP contribution in [-0.4, -0.2) is 28.2 Å². The fourth-order valence-electron chi connectivity index (χ4n) is 3.12. The summed E-state index contributed by atoms with van der Waals surface area (Å²) in [5.74, 6) is -0.807. The summed E-state index contributed by atoms with van der Waals surface area (Å²) < 4.78 is 7.47. The summed E-state index contributed by atoms with van der Waals surface area (Å²) in [7, 11) is 0. The Labute approximate surface area is 176 Å². The lowest BCUT2D eigenvalue weighted by Gasteiger charge is -2.17. The van der Waals surface area contributed by atoms with Gasteiger partial charge in [-0.3, -0.25) is 14.3 Å². The second-order valence-electron chi connectivity index (χ2n) is 7.08. The summed E-state index contributed by atoms with van der Waals surface area (Å²) in [4.78, 5) is 24.7. The number of ether oxygens (including phenoxy) is 1. The average molecular weight is 406 g/mol. The molecule has 0 aliphatic heterocycles. The van der Waals surface area contributed by atoms with Crippen LogP contribution < -0.4 is 15.4 Å². The minimum atomic E-state index is -0.721. The van der Waals surface area contributed by atoms with Crippen molar-refractivity contribution in [1.29, 1.82) is 0 Å². The molecule has 0 saturated carbocycles. The summed E-state index contributed by atoms with van der Waals surface area (Å²) in [6.07, 6.45) is 3.57. The van der Waals surface area contributed by atoms with Gasteiger partial charge in [0.1, 0.15) is 12.4 Å². The van der Waals surface area contributed by atoms with Crippen LogP contribution in [0.2, 0.25) is 0 Å². The standard InChI is InChI=1S/C23H26N4O3/c1-16-7-4-10-21(17(16)2)18(3)25-22(28)23(29)26-19-8-5-9-20(15-19)30-14-13-27-12-6-11-24-27/h4-12,15,18H,13-14H2,1-3H3,(H,25,28)(H,26,29). The molecule has 0 fully saturated rings. The minimum absolute atomic E-state index is 0.278. The van der Waals surface area contributed by atoms with Crippen molar-refractivity contribution in [3.05, 3.63) is 77.6 Å². The number of hydrogen-bond donors (Lipinski definition) is 2. The number of amides is 2. The van der Waals surface area contributed by atoms with Crippen molar-refractivity contribution < 1.29 is 14.3 Å². The van der Waals surface area contributed by atoms with Crippen molar-refractivity contribution in [2.45, 2.75) is 33.4 Å². The molecule has 3 rings (SSSR count). The van der Waals surface area contributed by atoms with Gasteiger partial charge in [0.05, 0.1) is 12.6 Å². The molecular formula is C23H26N4O3. The molecule has 3 aromatic rings. The van der Waals surface area contributed by atoms with Crippen molar-refractivity contribution >= 4 is 17.5 Å². The molecule has 0 spiro atoms. The molecule has 7 nitrogen and oxygen atoms in total. The van der Waals surface area contributed by atoms with Gasteiger partial charge in [-0.2, -0.15) is 5.10 Å². The zero-order valence-electron chi connectivity index (χ0n) is 17.4. The lowest BCUT2D eigenvalue weighted by molar-refractivity contribution is -0.136. The average Bonchev–Trinajstić information content (AvgIpc) is 3.23. The van der Waals surface area contributed by atoms with Crippen molar-refractivity contribution in [1.82, 2.24) is 15.1 Å². The third-order valence-electron chi connectivity index (χ3n) is 4.91. The first-order valence-electron chi connectivity index (χ1n) is 9.82. The number of hydrogen-bond acceptors (Lipinski definition) is 4. The Morgan fingerprint density at radius 2 is 1.90 bits per heavy atom. The van der Waals surface area contributed by atoms with Crippen LogP contribution >= 0.6 is 0 Å². The topological polar surface area (TPSA) is 85.3 Å². The van der Waals surface area contributed by atoms with Crippen LogP contribution in [0.15, 0.2) is 60.9 Å². The number of nitrogens with zero attached hydrogens (tertiary/aromatic N) is 2. The highest BCUT2D eigenvalue weighted by atomic mass is 16.5. The van der Waals surface area contributed by atoms with E-state index in [1.165, 1.54) is 0 Å². The van der Waals surface area contributed by atoms with Gasteiger partial charge in [-0.25, -0.2) is 0 Å². The van der Waals surface area contributed by atoms with Gasteiger partial charge >= 0.3 is 11.8 Å². The Bertz CT molecular complexity index is 1020. The van der Waals surface area contributed by atoms with Gasteiger partial charge in [0.2, 0.25) is 0 Å². The van der Waals surface area contributed by atoms with E-state index in [0.29, 0.717) is 24.6 Å². The largest absolute Gasteiger partial charge is 0.492 e. The Morgan fingerprint density at radius 3 is 2.67 bits per heavy atom. The first kappa shape index (κ1) is 21.1. The quantitative estimate of drug-likeness (QED) is 0.589. The number of benzene rings is 2. The molecule has 0 aliphatic rings. The van der Waals surface area contributed by atoms with E-state index in [9.17, 15) is 9.59 Å². The highest BCUT2D eigenvalue weighted by Gasteiger charge is 2.18. The van der Waals surface area contributed by atoms with Crippen molar-refractivity contribution in [3.8, 4) is 5.75 Å². The molecule has 0 bridgehead atoms. The normalized spacial score (nSPS) is 11.6. The summed E-state index contributed by atoms with van der Waals surface area (Å²) in [5, 5.41) is 9.49. The third-order valence-corrected chi connectivity index (χ3v) is 4.91. The third kappa shape index (κ3) is 5.47. The molecule has 30 heavy (non-hydrogen) atoms. The molecule has 1 heterocycles. The molecular weight excluding hydrogens is 380 g/mol. The van der Waals surface area contributed by atoms with E-state index in [1.807, 2.05) is 51.2 Å². The zero-order chi connectivity index (χ0) is 21.5. The van der Waals surface area contributed by atoms with Crippen LogP contribution in [0.5, 0.6) is 5.75 Å². The highest BCUT2D eigenvalue weighted by molar-refractivity contribution is 6.39. The van der Waals surface area contributed by atoms with Crippen LogP contribution in [0.1, 0.15) is 29.7 Å². The summed E-state index contributed by atoms with van der Waals surface area (Å²) >= 11 is 0. The fourth-order valence-corrected chi connectivity index (χ4v) is 3.12. The van der Waals surface area contributed by atoms with Crippen molar-refractivity contribution in [3.63, 3.8) is 0 Å². The number of carbonyl (C=O) groups is 2. The number of aromatic nitrogens is 2. The molecule has 0 saturated heterocycles. The van der Waals surface area contributed by atoms with E-state index < -0.39 is 11.8 Å². The van der Waals surface area contributed by atoms with Crippen molar-refractivity contribution in [2.24, 2.45) is 0 Å². The maximum Gasteiger partial charge on any atom is 0.313 e. The number of anilines is 1. The van der Waals surface area contributed by atoms with Crippen LogP contribution in [-0.2, 0) is 16.1 Å². The van der Waals surface area contributed by atoms with Gasteiger partial charge in [0.25, 0.3) is 0 Å². The lowest BCUT2D eigenvalue weighted by Crippen LogP contribution is -2.37. The first-order valence-corrected chi connectivity index (χ1v) is 9.82. The molecule has 1 aromatic heterocycles. The summed E-state index contributed by atoms with van der Waals surface area (Å²) in [6.45, 7) is 6.94. The maximum absolute atomic E-state index is 12.4. The molecule has 2 N–H and O–H groups in total. The number of rotatable bonds is 7. The molecule has 7 heteroatoms. The minimum Gasteiger partial charge on any atom is -0.492 e. The Hall–Kier alpha value is -3.61. The zero-order valence-corrected chi connectivity index (χ0v) is 17.4. The van der Waals surface area contributed by atoms with E-state index in [4.69, 9.17) is 4.74 Å². The monoisotopic (exact) mass is 406 g/mol. The van der Waals surface area contributed by atoms with Gasteiger partial charge in [-0.15, -0.1) is 0 Å². The maximum atomic E-state index is 12.4. The van der Waals surface area contributed by atoms with Crippen LogP contribution in [0, 0.1) is 13.8 Å². The van der Waals surface area contributed by atoms with E-state index in [0.717, 1.165) is 16.7 Å². The summed E-state index contributed by atoms with van der Waals surface area (Å²) in [5.41, 5.74) is 3.72. The van der Waals surface area contributed by atoms with Gasteiger partial charge in [0.15, 0.2) is 0 Å². The molecule has 2 aromatic carbocycles. The predicted octanol–water partition coefficient (Wildman–Crippen LogP) is 3.39. The van der Waals surface area contributed by atoms with Crippen LogP contribution in [0.4, 0.5) is 5.69 Å². The van der Waals surface area contributed by atoms with Crippen LogP contribution in [0.3, 0.4) is 0 Å². The number of aryl methyl sites for hydroxylation is 1. The predicted molar refractivity (Wildman–Crippen MR) is 115 cm³/mol. The Morgan fingerprint density at radius 1 is 1.10 bits per heavy atom. The fraction of sp³-hybridized carbons (Fsp3) is 0.261. The number of nitrogens with one attached hydrogen (secondary N) is 2. The molecule has 1 atom stereocenters. The second-order valence-corrected chi connectivity index (χ2v) is 7.08. The van der Waals surface area contributed by atoms with Gasteiger partial charge in [0, 0.05) is 24.1 Å².